The molecule has 0 saturated heterocycles. The first-order valence-corrected chi connectivity index (χ1v) is 4.32. The Bertz CT molecular complexity index is 422. The quantitative estimate of drug-likeness (QED) is 0.695. The largest absolute Gasteiger partial charge is 0.428 e. The smallest absolute Gasteiger partial charge is 0.292 e. The molecule has 13 heavy (non-hydrogen) atoms. The number of aromatic nitrogens is 1. The second kappa shape index (κ2) is 3.23. The molecule has 2 nitrogen and oxygen atoms in total. The molecule has 3 heteroatoms. The highest BCUT2D eigenvalue weighted by molar-refractivity contribution is 6.27. The highest BCUT2D eigenvalue weighted by atomic mass is 35.5. The van der Waals surface area contributed by atoms with Crippen molar-refractivity contribution in [1.29, 1.82) is 0 Å². The lowest BCUT2D eigenvalue weighted by Gasteiger charge is -1.96. The van der Waals surface area contributed by atoms with Crippen molar-refractivity contribution in [3.05, 3.63) is 41.4 Å². The summed E-state index contributed by atoms with van der Waals surface area (Å²) in [6.07, 6.45) is 1.62. The standard InChI is InChI=1S/C10H8ClNO/c1-7-3-2-4-8(5-7)9-6-12-10(11)13-9/h2-6H,1H3. The molecule has 1 aromatic heterocycles. The molecule has 2 rings (SSSR count). The maximum atomic E-state index is 5.57. The van der Waals surface area contributed by atoms with E-state index in [4.69, 9.17) is 16.0 Å². The van der Waals surface area contributed by atoms with Crippen LogP contribution in [-0.2, 0) is 0 Å². The van der Waals surface area contributed by atoms with E-state index in [-0.39, 0.29) is 5.35 Å². The SMILES string of the molecule is Cc1cccc(-c2cnc(Cl)o2)c1. The minimum atomic E-state index is 0.177. The van der Waals surface area contributed by atoms with Gasteiger partial charge < -0.3 is 4.42 Å². The Labute approximate surface area is 81.2 Å². The van der Waals surface area contributed by atoms with Gasteiger partial charge in [0.15, 0.2) is 5.76 Å². The van der Waals surface area contributed by atoms with Gasteiger partial charge in [0.05, 0.1) is 6.20 Å². The molecule has 66 valence electrons. The summed E-state index contributed by atoms with van der Waals surface area (Å²) >= 11 is 5.57. The van der Waals surface area contributed by atoms with Crippen LogP contribution in [0.2, 0.25) is 5.35 Å². The van der Waals surface area contributed by atoms with Crippen molar-refractivity contribution < 1.29 is 4.42 Å². The Balaban J connectivity index is 2.46. The molecule has 0 atom stereocenters. The predicted molar refractivity (Wildman–Crippen MR) is 51.7 cm³/mol. The fourth-order valence-electron chi connectivity index (χ4n) is 1.18. The van der Waals surface area contributed by atoms with E-state index in [1.165, 1.54) is 5.56 Å². The van der Waals surface area contributed by atoms with Gasteiger partial charge in [0.2, 0.25) is 0 Å². The van der Waals surface area contributed by atoms with Crippen LogP contribution >= 0.6 is 11.6 Å². The summed E-state index contributed by atoms with van der Waals surface area (Å²) < 4.78 is 5.18. The molecule has 0 aliphatic heterocycles. The van der Waals surface area contributed by atoms with Crippen LogP contribution in [0.4, 0.5) is 0 Å². The number of nitrogens with zero attached hydrogens (tertiary/aromatic N) is 1. The number of hydrogen-bond donors (Lipinski definition) is 0. The topological polar surface area (TPSA) is 26.0 Å². The van der Waals surface area contributed by atoms with E-state index in [0.717, 1.165) is 5.56 Å². The molecule has 1 heterocycles. The lowest BCUT2D eigenvalue weighted by molar-refractivity contribution is 0.574. The zero-order valence-corrected chi connectivity index (χ0v) is 7.88. The van der Waals surface area contributed by atoms with E-state index in [1.54, 1.807) is 6.20 Å². The summed E-state index contributed by atoms with van der Waals surface area (Å²) in [5, 5.41) is 0.177. The van der Waals surface area contributed by atoms with Crippen LogP contribution in [0.1, 0.15) is 5.56 Å². The van der Waals surface area contributed by atoms with E-state index in [2.05, 4.69) is 4.98 Å². The average molecular weight is 194 g/mol. The molecule has 0 bridgehead atoms. The second-order valence-corrected chi connectivity index (χ2v) is 3.17. The van der Waals surface area contributed by atoms with Gasteiger partial charge in [-0.3, -0.25) is 0 Å². The zero-order chi connectivity index (χ0) is 9.26. The van der Waals surface area contributed by atoms with Crippen LogP contribution in [-0.4, -0.2) is 4.98 Å². The number of aryl methyl sites for hydroxylation is 1. The number of halogens is 1. The van der Waals surface area contributed by atoms with Gasteiger partial charge in [-0.15, -0.1) is 0 Å². The van der Waals surface area contributed by atoms with Gasteiger partial charge in [0, 0.05) is 5.56 Å². The third-order valence-electron chi connectivity index (χ3n) is 1.78. The monoisotopic (exact) mass is 193 g/mol. The third kappa shape index (κ3) is 1.73. The third-order valence-corrected chi connectivity index (χ3v) is 1.95. The van der Waals surface area contributed by atoms with Gasteiger partial charge in [-0.25, -0.2) is 4.98 Å². The van der Waals surface area contributed by atoms with E-state index in [1.807, 2.05) is 31.2 Å². The van der Waals surface area contributed by atoms with Gasteiger partial charge in [-0.1, -0.05) is 23.8 Å². The number of hydrogen-bond acceptors (Lipinski definition) is 2. The van der Waals surface area contributed by atoms with E-state index < -0.39 is 0 Å². The number of benzene rings is 1. The van der Waals surface area contributed by atoms with Gasteiger partial charge in [0.1, 0.15) is 0 Å². The molecule has 2 aromatic rings. The Morgan fingerprint density at radius 3 is 2.85 bits per heavy atom. The second-order valence-electron chi connectivity index (χ2n) is 2.85. The van der Waals surface area contributed by atoms with Gasteiger partial charge in [-0.05, 0) is 24.6 Å². The lowest BCUT2D eigenvalue weighted by atomic mass is 10.1. The molecule has 0 amide bonds. The molecule has 0 unspecified atom stereocenters. The summed E-state index contributed by atoms with van der Waals surface area (Å²) in [4.78, 5) is 3.82. The maximum Gasteiger partial charge on any atom is 0.292 e. The zero-order valence-electron chi connectivity index (χ0n) is 7.12. The van der Waals surface area contributed by atoms with Crippen LogP contribution in [0, 0.1) is 6.92 Å². The molecule has 0 radical (unpaired) electrons. The first kappa shape index (κ1) is 8.32. The normalized spacial score (nSPS) is 10.3. The van der Waals surface area contributed by atoms with Crippen molar-refractivity contribution in [3.63, 3.8) is 0 Å². The summed E-state index contributed by atoms with van der Waals surface area (Å²) in [6, 6.07) is 7.99. The number of rotatable bonds is 1. The summed E-state index contributed by atoms with van der Waals surface area (Å²) in [5.41, 5.74) is 2.18. The molecule has 0 aliphatic rings. The van der Waals surface area contributed by atoms with Crippen LogP contribution in [0.5, 0.6) is 0 Å². The van der Waals surface area contributed by atoms with Crippen molar-refractivity contribution >= 4 is 11.6 Å². The molecule has 0 N–H and O–H groups in total. The molecular formula is C10H8ClNO. The van der Waals surface area contributed by atoms with Crippen molar-refractivity contribution in [3.8, 4) is 11.3 Å². The van der Waals surface area contributed by atoms with Gasteiger partial charge in [0.25, 0.3) is 5.35 Å². The van der Waals surface area contributed by atoms with Gasteiger partial charge >= 0.3 is 0 Å². The molecule has 0 saturated carbocycles. The Morgan fingerprint density at radius 2 is 2.23 bits per heavy atom. The van der Waals surface area contributed by atoms with Crippen molar-refractivity contribution in [2.24, 2.45) is 0 Å². The number of oxazole rings is 1. The molecule has 0 fully saturated rings. The molecule has 0 spiro atoms. The Kier molecular flexibility index (Phi) is 2.07. The van der Waals surface area contributed by atoms with Gasteiger partial charge in [-0.2, -0.15) is 0 Å². The minimum absolute atomic E-state index is 0.177. The first-order valence-electron chi connectivity index (χ1n) is 3.94. The van der Waals surface area contributed by atoms with E-state index in [9.17, 15) is 0 Å². The molecular weight excluding hydrogens is 186 g/mol. The summed E-state index contributed by atoms with van der Waals surface area (Å²) in [5.74, 6) is 0.703. The first-order chi connectivity index (χ1) is 6.25. The summed E-state index contributed by atoms with van der Waals surface area (Å²) in [6.45, 7) is 2.03. The van der Waals surface area contributed by atoms with Crippen molar-refractivity contribution in [1.82, 2.24) is 4.98 Å². The van der Waals surface area contributed by atoms with Crippen LogP contribution in [0.15, 0.2) is 34.9 Å². The lowest BCUT2D eigenvalue weighted by Crippen LogP contribution is -1.75. The van der Waals surface area contributed by atoms with Crippen molar-refractivity contribution in [2.45, 2.75) is 6.92 Å². The maximum absolute atomic E-state index is 5.57. The average Bonchev–Trinajstić information content (AvgIpc) is 2.52. The molecule has 0 aliphatic carbocycles. The fourth-order valence-corrected chi connectivity index (χ4v) is 1.32. The fraction of sp³-hybridized carbons (Fsp3) is 0.100. The van der Waals surface area contributed by atoms with Crippen LogP contribution in [0.25, 0.3) is 11.3 Å². The predicted octanol–water partition coefficient (Wildman–Crippen LogP) is 3.30. The van der Waals surface area contributed by atoms with E-state index >= 15 is 0 Å². The van der Waals surface area contributed by atoms with Crippen LogP contribution in [0.3, 0.4) is 0 Å². The Morgan fingerprint density at radius 1 is 1.38 bits per heavy atom. The minimum Gasteiger partial charge on any atom is -0.428 e. The summed E-state index contributed by atoms with van der Waals surface area (Å²) in [7, 11) is 0. The highest BCUT2D eigenvalue weighted by Gasteiger charge is 2.03. The Hall–Kier alpha value is -1.28. The highest BCUT2D eigenvalue weighted by Crippen LogP contribution is 2.22. The van der Waals surface area contributed by atoms with Crippen molar-refractivity contribution in [2.75, 3.05) is 0 Å². The van der Waals surface area contributed by atoms with Crippen LogP contribution < -0.4 is 0 Å². The molecule has 1 aromatic carbocycles. The van der Waals surface area contributed by atoms with E-state index in [0.29, 0.717) is 5.76 Å².